The number of amides is 1. The van der Waals surface area contributed by atoms with Crippen molar-refractivity contribution >= 4 is 17.4 Å². The van der Waals surface area contributed by atoms with Crippen LogP contribution in [0.2, 0.25) is 0 Å². The molecule has 1 aromatic heterocycles. The second-order valence-corrected chi connectivity index (χ2v) is 7.92. The number of pyridine rings is 1. The molecule has 0 aliphatic rings. The number of nitrogens with zero attached hydrogens (tertiary/aromatic N) is 1. The summed E-state index contributed by atoms with van der Waals surface area (Å²) in [7, 11) is 1.65. The minimum atomic E-state index is -0.147. The van der Waals surface area contributed by atoms with Crippen LogP contribution in [0.15, 0.2) is 66.9 Å². The highest BCUT2D eigenvalue weighted by molar-refractivity contribution is 6.04. The molecule has 2 aromatic carbocycles. The standard InChI is InChI=1S/C24H27N3O2/c1-24(2,3)19-9-7-18(8-10-19)23(28)27-20-11-14-22(26-16-20)25-15-17-5-12-21(29-4)13-6-17/h5-14,16H,15H2,1-4H3,(H,25,26)(H,27,28). The van der Waals surface area contributed by atoms with Gasteiger partial charge < -0.3 is 15.4 Å². The van der Waals surface area contributed by atoms with E-state index in [9.17, 15) is 4.79 Å². The number of carbonyl (C=O) groups is 1. The molecule has 3 rings (SSSR count). The molecule has 29 heavy (non-hydrogen) atoms. The molecule has 0 aliphatic carbocycles. The molecule has 0 aliphatic heterocycles. The van der Waals surface area contributed by atoms with E-state index >= 15 is 0 Å². The Morgan fingerprint density at radius 1 is 0.966 bits per heavy atom. The Hall–Kier alpha value is -3.34. The number of nitrogens with one attached hydrogen (secondary N) is 2. The molecule has 2 N–H and O–H groups in total. The maximum atomic E-state index is 12.5. The summed E-state index contributed by atoms with van der Waals surface area (Å²) in [5.74, 6) is 1.43. The second-order valence-electron chi connectivity index (χ2n) is 7.92. The van der Waals surface area contributed by atoms with E-state index in [0.717, 1.165) is 17.1 Å². The van der Waals surface area contributed by atoms with E-state index in [1.165, 1.54) is 5.56 Å². The number of aromatic nitrogens is 1. The van der Waals surface area contributed by atoms with Crippen molar-refractivity contribution < 1.29 is 9.53 Å². The number of hydrogen-bond acceptors (Lipinski definition) is 4. The summed E-state index contributed by atoms with van der Waals surface area (Å²) >= 11 is 0. The van der Waals surface area contributed by atoms with Crippen LogP contribution in [-0.4, -0.2) is 18.0 Å². The van der Waals surface area contributed by atoms with Crippen LogP contribution in [0, 0.1) is 0 Å². The minimum absolute atomic E-state index is 0.0631. The van der Waals surface area contributed by atoms with Gasteiger partial charge >= 0.3 is 0 Å². The van der Waals surface area contributed by atoms with Crippen LogP contribution in [0.4, 0.5) is 11.5 Å². The molecule has 150 valence electrons. The van der Waals surface area contributed by atoms with Gasteiger partial charge in [0.15, 0.2) is 0 Å². The van der Waals surface area contributed by atoms with Crippen LogP contribution in [0.3, 0.4) is 0 Å². The monoisotopic (exact) mass is 389 g/mol. The zero-order valence-electron chi connectivity index (χ0n) is 17.3. The lowest BCUT2D eigenvalue weighted by Crippen LogP contribution is -2.14. The number of ether oxygens (including phenoxy) is 1. The predicted molar refractivity (Wildman–Crippen MR) is 118 cm³/mol. The highest BCUT2D eigenvalue weighted by atomic mass is 16.5. The van der Waals surface area contributed by atoms with Gasteiger partial charge in [0.2, 0.25) is 0 Å². The van der Waals surface area contributed by atoms with Crippen molar-refractivity contribution in [3.63, 3.8) is 0 Å². The van der Waals surface area contributed by atoms with E-state index < -0.39 is 0 Å². The lowest BCUT2D eigenvalue weighted by atomic mass is 9.87. The third kappa shape index (κ3) is 5.57. The first-order chi connectivity index (χ1) is 13.8. The zero-order valence-corrected chi connectivity index (χ0v) is 17.3. The molecule has 0 radical (unpaired) electrons. The van der Waals surface area contributed by atoms with Gasteiger partial charge in [-0.1, -0.05) is 45.0 Å². The number of anilines is 2. The number of benzene rings is 2. The summed E-state index contributed by atoms with van der Waals surface area (Å²) in [5.41, 5.74) is 3.67. The molecule has 5 heteroatoms. The van der Waals surface area contributed by atoms with Crippen molar-refractivity contribution in [2.24, 2.45) is 0 Å². The first-order valence-corrected chi connectivity index (χ1v) is 9.60. The van der Waals surface area contributed by atoms with Crippen LogP contribution in [0.5, 0.6) is 5.75 Å². The summed E-state index contributed by atoms with van der Waals surface area (Å²) in [6.45, 7) is 7.11. The summed E-state index contributed by atoms with van der Waals surface area (Å²) in [4.78, 5) is 16.8. The van der Waals surface area contributed by atoms with Gasteiger partial charge in [0, 0.05) is 12.1 Å². The van der Waals surface area contributed by atoms with Gasteiger partial charge in [0.1, 0.15) is 11.6 Å². The third-order valence-corrected chi connectivity index (χ3v) is 4.67. The fourth-order valence-electron chi connectivity index (χ4n) is 2.83. The maximum absolute atomic E-state index is 12.5. The van der Waals surface area contributed by atoms with E-state index in [-0.39, 0.29) is 11.3 Å². The summed E-state index contributed by atoms with van der Waals surface area (Å²) in [6, 6.07) is 19.3. The molecule has 1 heterocycles. The van der Waals surface area contributed by atoms with Gasteiger partial charge in [-0.15, -0.1) is 0 Å². The lowest BCUT2D eigenvalue weighted by molar-refractivity contribution is 0.102. The van der Waals surface area contributed by atoms with Crippen molar-refractivity contribution in [2.75, 3.05) is 17.7 Å². The maximum Gasteiger partial charge on any atom is 0.255 e. The Bertz CT molecular complexity index is 941. The lowest BCUT2D eigenvalue weighted by Gasteiger charge is -2.19. The molecule has 1 amide bonds. The van der Waals surface area contributed by atoms with Crippen molar-refractivity contribution in [2.45, 2.75) is 32.7 Å². The second kappa shape index (κ2) is 8.78. The molecule has 0 spiro atoms. The Morgan fingerprint density at radius 3 is 2.21 bits per heavy atom. The molecular weight excluding hydrogens is 362 g/mol. The smallest absolute Gasteiger partial charge is 0.255 e. The van der Waals surface area contributed by atoms with E-state index in [4.69, 9.17) is 4.74 Å². The summed E-state index contributed by atoms with van der Waals surface area (Å²) < 4.78 is 5.16. The number of hydrogen-bond donors (Lipinski definition) is 2. The van der Waals surface area contributed by atoms with Gasteiger partial charge in [-0.2, -0.15) is 0 Å². The molecule has 5 nitrogen and oxygen atoms in total. The SMILES string of the molecule is COc1ccc(CNc2ccc(NC(=O)c3ccc(C(C)(C)C)cc3)cn2)cc1. The van der Waals surface area contributed by atoms with Crippen LogP contribution >= 0.6 is 0 Å². The quantitative estimate of drug-likeness (QED) is 0.604. The van der Waals surface area contributed by atoms with E-state index in [0.29, 0.717) is 17.8 Å². The normalized spacial score (nSPS) is 11.0. The molecule has 0 fully saturated rings. The van der Waals surface area contributed by atoms with Gasteiger partial charge in [0.05, 0.1) is 19.0 Å². The summed E-state index contributed by atoms with van der Waals surface area (Å²) in [6.07, 6.45) is 1.65. The minimum Gasteiger partial charge on any atom is -0.497 e. The number of methoxy groups -OCH3 is 1. The largest absolute Gasteiger partial charge is 0.497 e. The highest BCUT2D eigenvalue weighted by Gasteiger charge is 2.14. The van der Waals surface area contributed by atoms with Gasteiger partial charge in [-0.25, -0.2) is 4.98 Å². The molecule has 3 aromatic rings. The highest BCUT2D eigenvalue weighted by Crippen LogP contribution is 2.22. The first kappa shape index (κ1) is 20.4. The van der Waals surface area contributed by atoms with E-state index in [1.807, 2.05) is 60.7 Å². The van der Waals surface area contributed by atoms with Crippen LogP contribution in [0.1, 0.15) is 42.3 Å². The summed E-state index contributed by atoms with van der Waals surface area (Å²) in [5, 5.41) is 6.15. The van der Waals surface area contributed by atoms with Gasteiger partial charge in [-0.3, -0.25) is 4.79 Å². The predicted octanol–water partition coefficient (Wildman–Crippen LogP) is 5.25. The number of rotatable bonds is 6. The van der Waals surface area contributed by atoms with Crippen LogP contribution in [-0.2, 0) is 12.0 Å². The molecule has 0 saturated carbocycles. The topological polar surface area (TPSA) is 63.2 Å². The molecular formula is C24H27N3O2. The fraction of sp³-hybridized carbons (Fsp3) is 0.250. The molecule has 0 saturated heterocycles. The van der Waals surface area contributed by atoms with Crippen molar-refractivity contribution in [3.8, 4) is 5.75 Å². The third-order valence-electron chi connectivity index (χ3n) is 4.67. The first-order valence-electron chi connectivity index (χ1n) is 9.60. The fourth-order valence-corrected chi connectivity index (χ4v) is 2.83. The average Bonchev–Trinajstić information content (AvgIpc) is 2.73. The van der Waals surface area contributed by atoms with Crippen molar-refractivity contribution in [1.82, 2.24) is 4.98 Å². The Morgan fingerprint density at radius 2 is 1.66 bits per heavy atom. The van der Waals surface area contributed by atoms with Gasteiger partial charge in [0.25, 0.3) is 5.91 Å². The Kier molecular flexibility index (Phi) is 6.17. The van der Waals surface area contributed by atoms with Crippen molar-refractivity contribution in [1.29, 1.82) is 0 Å². The zero-order chi connectivity index (χ0) is 20.9. The Balaban J connectivity index is 1.56. The Labute approximate surface area is 172 Å². The van der Waals surface area contributed by atoms with Crippen molar-refractivity contribution in [3.05, 3.63) is 83.6 Å². The van der Waals surface area contributed by atoms with Crippen LogP contribution in [0.25, 0.3) is 0 Å². The van der Waals surface area contributed by atoms with E-state index in [1.54, 1.807) is 13.3 Å². The number of carbonyl (C=O) groups excluding carboxylic acids is 1. The van der Waals surface area contributed by atoms with Crippen LogP contribution < -0.4 is 15.4 Å². The molecule has 0 atom stereocenters. The average molecular weight is 389 g/mol. The molecule has 0 bridgehead atoms. The van der Waals surface area contributed by atoms with E-state index in [2.05, 4.69) is 36.4 Å². The van der Waals surface area contributed by atoms with Gasteiger partial charge in [-0.05, 0) is 52.9 Å². The molecule has 0 unspecified atom stereocenters.